The van der Waals surface area contributed by atoms with E-state index in [0.717, 1.165) is 0 Å². The van der Waals surface area contributed by atoms with Crippen molar-refractivity contribution in [2.24, 2.45) is 11.7 Å². The maximum absolute atomic E-state index is 10.9. The van der Waals surface area contributed by atoms with Gasteiger partial charge in [0.25, 0.3) is 0 Å². The quantitative estimate of drug-likeness (QED) is 0.613. The Hall–Kier alpha value is -1.23. The van der Waals surface area contributed by atoms with E-state index in [1.807, 2.05) is 0 Å². The number of ketones is 1. The first kappa shape index (κ1) is 9.77. The minimum absolute atomic E-state index is 0.0472. The monoisotopic (exact) mass is 151 g/mol. The Balaban J connectivity index is 4.19. The summed E-state index contributed by atoms with van der Waals surface area (Å²) in [5.41, 5.74) is 5.85. The summed E-state index contributed by atoms with van der Waals surface area (Å²) in [5, 5.41) is 0. The average Bonchev–Trinajstić information content (AvgIpc) is 1.86. The third-order valence-corrected chi connectivity index (χ3v) is 1.28. The van der Waals surface area contributed by atoms with Crippen LogP contribution in [0.5, 0.6) is 0 Å². The van der Waals surface area contributed by atoms with Crippen molar-refractivity contribution >= 4 is 5.78 Å². The zero-order valence-corrected chi connectivity index (χ0v) is 6.98. The predicted octanol–water partition coefficient (Wildman–Crippen LogP) is 1.08. The van der Waals surface area contributed by atoms with Gasteiger partial charge in [0.2, 0.25) is 0 Å². The molecule has 0 aromatic rings. The van der Waals surface area contributed by atoms with Crippen LogP contribution in [0.3, 0.4) is 0 Å². The van der Waals surface area contributed by atoms with E-state index in [1.54, 1.807) is 6.92 Å². The molecule has 0 saturated carbocycles. The number of carbonyl (C=O) groups is 1. The van der Waals surface area contributed by atoms with Gasteiger partial charge in [-0.2, -0.15) is 0 Å². The van der Waals surface area contributed by atoms with Gasteiger partial charge in [0.1, 0.15) is 5.78 Å². The minimum Gasteiger partial charge on any atom is -0.402 e. The van der Waals surface area contributed by atoms with Gasteiger partial charge < -0.3 is 5.73 Å². The molecule has 2 N–H and O–H groups in total. The molecule has 1 atom stereocenters. The van der Waals surface area contributed by atoms with E-state index in [4.69, 9.17) is 5.73 Å². The van der Waals surface area contributed by atoms with Gasteiger partial charge in [-0.25, -0.2) is 0 Å². The van der Waals surface area contributed by atoms with Gasteiger partial charge in [-0.3, -0.25) is 4.79 Å². The van der Waals surface area contributed by atoms with E-state index in [0.29, 0.717) is 12.1 Å². The number of Topliss-reactive ketones (excluding diaryl/α,β-unsaturated/α-hetero) is 1. The molecule has 0 aromatic carbocycles. The van der Waals surface area contributed by atoms with Crippen LogP contribution >= 0.6 is 0 Å². The molecule has 0 unspecified atom stereocenters. The summed E-state index contributed by atoms with van der Waals surface area (Å²) in [4.78, 5) is 10.9. The summed E-state index contributed by atoms with van der Waals surface area (Å²) < 4.78 is 0. The van der Waals surface area contributed by atoms with Crippen LogP contribution in [0.2, 0.25) is 0 Å². The van der Waals surface area contributed by atoms with Gasteiger partial charge in [0.05, 0.1) is 5.92 Å². The van der Waals surface area contributed by atoms with Gasteiger partial charge in [0.15, 0.2) is 0 Å². The van der Waals surface area contributed by atoms with Gasteiger partial charge in [0, 0.05) is 12.1 Å². The fraction of sp³-hybridized carbons (Fsp3) is 0.444. The molecule has 0 bridgehead atoms. The highest BCUT2D eigenvalue weighted by Crippen LogP contribution is 2.06. The molecule has 0 spiro atoms. The maximum Gasteiger partial charge on any atom is 0.145 e. The van der Waals surface area contributed by atoms with Crippen molar-refractivity contribution in [1.82, 2.24) is 0 Å². The van der Waals surface area contributed by atoms with Crippen molar-refractivity contribution in [3.63, 3.8) is 0 Å². The van der Waals surface area contributed by atoms with Crippen LogP contribution in [0.4, 0.5) is 0 Å². The molecule has 0 aliphatic heterocycles. The Morgan fingerprint density at radius 3 is 2.55 bits per heavy atom. The lowest BCUT2D eigenvalue weighted by Crippen LogP contribution is -2.12. The largest absolute Gasteiger partial charge is 0.402 e. The highest BCUT2D eigenvalue weighted by Gasteiger charge is 2.10. The molecular formula is C9H13NO. The zero-order chi connectivity index (χ0) is 8.85. The lowest BCUT2D eigenvalue weighted by atomic mass is 10.0. The smallest absolute Gasteiger partial charge is 0.145 e. The van der Waals surface area contributed by atoms with Crippen molar-refractivity contribution in [2.75, 3.05) is 0 Å². The first-order valence-corrected chi connectivity index (χ1v) is 3.44. The Kier molecular flexibility index (Phi) is 4.05. The van der Waals surface area contributed by atoms with E-state index >= 15 is 0 Å². The highest BCUT2D eigenvalue weighted by atomic mass is 16.1. The molecule has 0 heterocycles. The van der Waals surface area contributed by atoms with Gasteiger partial charge in [-0.05, 0) is 13.8 Å². The fourth-order valence-corrected chi connectivity index (χ4v) is 0.733. The molecular weight excluding hydrogens is 138 g/mol. The summed E-state index contributed by atoms with van der Waals surface area (Å²) in [6, 6.07) is 0. The molecule has 0 radical (unpaired) electrons. The van der Waals surface area contributed by atoms with Crippen molar-refractivity contribution in [1.29, 1.82) is 0 Å². The predicted molar refractivity (Wildman–Crippen MR) is 45.6 cm³/mol. The third-order valence-electron chi connectivity index (χ3n) is 1.28. The summed E-state index contributed by atoms with van der Waals surface area (Å²) in [6.07, 6.45) is 0.468. The van der Waals surface area contributed by atoms with E-state index in [-0.39, 0.29) is 11.7 Å². The molecule has 0 aromatic heterocycles. The molecule has 0 amide bonds. The number of nitrogens with two attached hydrogens (primary N) is 1. The van der Waals surface area contributed by atoms with Gasteiger partial charge >= 0.3 is 0 Å². The molecule has 60 valence electrons. The van der Waals surface area contributed by atoms with Crippen molar-refractivity contribution in [3.8, 4) is 11.8 Å². The SMILES string of the molecule is C=C(N)C[C@H](C#CC)C(C)=O. The summed E-state index contributed by atoms with van der Waals surface area (Å²) in [7, 11) is 0. The Labute approximate surface area is 67.5 Å². The molecule has 0 saturated heterocycles. The van der Waals surface area contributed by atoms with E-state index in [2.05, 4.69) is 18.4 Å². The van der Waals surface area contributed by atoms with Crippen LogP contribution in [-0.2, 0) is 4.79 Å². The van der Waals surface area contributed by atoms with Gasteiger partial charge in [-0.1, -0.05) is 12.5 Å². The lowest BCUT2D eigenvalue weighted by molar-refractivity contribution is -0.119. The number of hydrogen-bond donors (Lipinski definition) is 1. The van der Waals surface area contributed by atoms with Crippen LogP contribution in [0.15, 0.2) is 12.3 Å². The maximum atomic E-state index is 10.9. The topological polar surface area (TPSA) is 43.1 Å². The first-order chi connectivity index (χ1) is 5.07. The average molecular weight is 151 g/mol. The summed E-state index contributed by atoms with van der Waals surface area (Å²) in [5.74, 6) is 5.24. The summed E-state index contributed by atoms with van der Waals surface area (Å²) >= 11 is 0. The zero-order valence-electron chi connectivity index (χ0n) is 6.98. The van der Waals surface area contributed by atoms with Gasteiger partial charge in [-0.15, -0.1) is 5.92 Å². The van der Waals surface area contributed by atoms with E-state index < -0.39 is 0 Å². The normalized spacial score (nSPS) is 11.1. The van der Waals surface area contributed by atoms with Crippen LogP contribution in [-0.4, -0.2) is 5.78 Å². The Morgan fingerprint density at radius 2 is 2.27 bits per heavy atom. The number of hydrogen-bond acceptors (Lipinski definition) is 2. The van der Waals surface area contributed by atoms with E-state index in [9.17, 15) is 4.79 Å². The van der Waals surface area contributed by atoms with Crippen molar-refractivity contribution in [3.05, 3.63) is 12.3 Å². The number of rotatable bonds is 3. The Bertz CT molecular complexity index is 219. The highest BCUT2D eigenvalue weighted by molar-refractivity contribution is 5.81. The fourth-order valence-electron chi connectivity index (χ4n) is 0.733. The van der Waals surface area contributed by atoms with Crippen LogP contribution < -0.4 is 5.73 Å². The second kappa shape index (κ2) is 4.56. The van der Waals surface area contributed by atoms with Crippen molar-refractivity contribution < 1.29 is 4.79 Å². The Morgan fingerprint density at radius 1 is 1.73 bits per heavy atom. The molecule has 0 aliphatic carbocycles. The van der Waals surface area contributed by atoms with Crippen LogP contribution in [0, 0.1) is 17.8 Å². The first-order valence-electron chi connectivity index (χ1n) is 3.44. The minimum atomic E-state index is -0.266. The molecule has 2 nitrogen and oxygen atoms in total. The second-order valence-electron chi connectivity index (χ2n) is 2.42. The number of allylic oxidation sites excluding steroid dienone is 1. The second-order valence-corrected chi connectivity index (χ2v) is 2.42. The number of carbonyl (C=O) groups excluding carboxylic acids is 1. The van der Waals surface area contributed by atoms with Crippen molar-refractivity contribution in [2.45, 2.75) is 20.3 Å². The molecule has 0 fully saturated rings. The van der Waals surface area contributed by atoms with E-state index in [1.165, 1.54) is 6.92 Å². The molecule has 0 rings (SSSR count). The van der Waals surface area contributed by atoms with Crippen LogP contribution in [0.1, 0.15) is 20.3 Å². The standard InChI is InChI=1S/C9H13NO/c1-4-5-9(8(3)11)6-7(2)10/h9H,2,6,10H2,1,3H3/t9-/m0/s1. The lowest BCUT2D eigenvalue weighted by Gasteiger charge is -2.04. The van der Waals surface area contributed by atoms with Crippen LogP contribution in [0.25, 0.3) is 0 Å². The third kappa shape index (κ3) is 4.21. The molecule has 11 heavy (non-hydrogen) atoms. The summed E-state index contributed by atoms with van der Waals surface area (Å²) in [6.45, 7) is 6.73. The molecule has 2 heteroatoms. The molecule has 0 aliphatic rings.